The van der Waals surface area contributed by atoms with Crippen LogP contribution in [0.2, 0.25) is 0 Å². The standard InChI is InChI=1S/C16H23N3S/c1-11-7-6-8-12(2)19(11)18-13(3)16-17-14-9-4-5-10-15(14)20-16/h4-5,9-13,18H,6-8H2,1-3H3. The summed E-state index contributed by atoms with van der Waals surface area (Å²) >= 11 is 1.80. The molecular weight excluding hydrogens is 266 g/mol. The van der Waals surface area contributed by atoms with Gasteiger partial charge in [0, 0.05) is 12.1 Å². The first-order chi connectivity index (χ1) is 9.65. The number of nitrogens with zero attached hydrogens (tertiary/aromatic N) is 2. The molecule has 0 amide bonds. The summed E-state index contributed by atoms with van der Waals surface area (Å²) in [5, 5.41) is 3.61. The van der Waals surface area contributed by atoms with Gasteiger partial charge in [0.15, 0.2) is 0 Å². The zero-order valence-corrected chi connectivity index (χ0v) is 13.3. The van der Waals surface area contributed by atoms with E-state index in [4.69, 9.17) is 4.98 Å². The second-order valence-corrected chi connectivity index (χ2v) is 6.97. The SMILES string of the molecule is CC(NN1C(C)CCCC1C)c1nc2ccccc2s1. The Kier molecular flexibility index (Phi) is 4.06. The third kappa shape index (κ3) is 2.73. The van der Waals surface area contributed by atoms with Crippen molar-refractivity contribution in [2.24, 2.45) is 0 Å². The quantitative estimate of drug-likeness (QED) is 0.921. The largest absolute Gasteiger partial charge is 0.245 e. The van der Waals surface area contributed by atoms with Crippen molar-refractivity contribution in [2.45, 2.75) is 58.2 Å². The Labute approximate surface area is 125 Å². The van der Waals surface area contributed by atoms with E-state index in [-0.39, 0.29) is 6.04 Å². The Morgan fingerprint density at radius 1 is 1.25 bits per heavy atom. The molecule has 3 unspecified atom stereocenters. The summed E-state index contributed by atoms with van der Waals surface area (Å²) in [5.41, 5.74) is 4.79. The van der Waals surface area contributed by atoms with Crippen LogP contribution in [0.15, 0.2) is 24.3 Å². The van der Waals surface area contributed by atoms with Gasteiger partial charge in [-0.25, -0.2) is 15.4 Å². The number of hydrogen-bond acceptors (Lipinski definition) is 4. The molecule has 20 heavy (non-hydrogen) atoms. The van der Waals surface area contributed by atoms with Crippen molar-refractivity contribution in [3.63, 3.8) is 0 Å². The summed E-state index contributed by atoms with van der Waals surface area (Å²) in [5.74, 6) is 0. The van der Waals surface area contributed by atoms with E-state index in [9.17, 15) is 0 Å². The van der Waals surface area contributed by atoms with Crippen LogP contribution in [0.1, 0.15) is 51.1 Å². The van der Waals surface area contributed by atoms with E-state index in [0.29, 0.717) is 12.1 Å². The fourth-order valence-corrected chi connectivity index (χ4v) is 3.99. The first-order valence-electron chi connectivity index (χ1n) is 7.55. The van der Waals surface area contributed by atoms with Crippen LogP contribution in [-0.4, -0.2) is 22.1 Å². The lowest BCUT2D eigenvalue weighted by Gasteiger charge is -2.40. The second-order valence-electron chi connectivity index (χ2n) is 5.91. The van der Waals surface area contributed by atoms with Gasteiger partial charge in [0.05, 0.1) is 16.3 Å². The molecule has 108 valence electrons. The van der Waals surface area contributed by atoms with Gasteiger partial charge in [0.1, 0.15) is 5.01 Å². The highest BCUT2D eigenvalue weighted by Crippen LogP contribution is 2.28. The molecule has 0 aliphatic carbocycles. The lowest BCUT2D eigenvalue weighted by Crippen LogP contribution is -2.52. The maximum Gasteiger partial charge on any atom is 0.112 e. The molecule has 4 heteroatoms. The monoisotopic (exact) mass is 289 g/mol. The van der Waals surface area contributed by atoms with Gasteiger partial charge in [-0.2, -0.15) is 0 Å². The van der Waals surface area contributed by atoms with Crippen molar-refractivity contribution in [2.75, 3.05) is 0 Å². The van der Waals surface area contributed by atoms with Crippen LogP contribution in [0.5, 0.6) is 0 Å². The van der Waals surface area contributed by atoms with Gasteiger partial charge in [-0.05, 0) is 45.7 Å². The highest BCUT2D eigenvalue weighted by molar-refractivity contribution is 7.18. The molecule has 2 aromatic rings. The molecule has 1 aliphatic heterocycles. The van der Waals surface area contributed by atoms with Crippen molar-refractivity contribution in [3.05, 3.63) is 29.3 Å². The molecule has 2 heterocycles. The zero-order valence-electron chi connectivity index (χ0n) is 12.5. The first kappa shape index (κ1) is 14.0. The minimum absolute atomic E-state index is 0.274. The summed E-state index contributed by atoms with van der Waals surface area (Å²) in [6, 6.07) is 9.86. The molecule has 1 aromatic heterocycles. The molecule has 1 saturated heterocycles. The Morgan fingerprint density at radius 2 is 1.95 bits per heavy atom. The van der Waals surface area contributed by atoms with Crippen LogP contribution in [-0.2, 0) is 0 Å². The fourth-order valence-electron chi connectivity index (χ4n) is 3.03. The topological polar surface area (TPSA) is 28.2 Å². The number of rotatable bonds is 3. The van der Waals surface area contributed by atoms with Crippen LogP contribution in [0.25, 0.3) is 10.2 Å². The van der Waals surface area contributed by atoms with Gasteiger partial charge in [-0.1, -0.05) is 18.6 Å². The Hall–Kier alpha value is -0.970. The Morgan fingerprint density at radius 3 is 2.65 bits per heavy atom. The van der Waals surface area contributed by atoms with E-state index in [1.807, 2.05) is 0 Å². The number of piperidine rings is 1. The third-order valence-corrected chi connectivity index (χ3v) is 5.44. The molecule has 3 nitrogen and oxygen atoms in total. The minimum Gasteiger partial charge on any atom is -0.245 e. The molecule has 3 atom stereocenters. The lowest BCUT2D eigenvalue weighted by molar-refractivity contribution is 0.0320. The van der Waals surface area contributed by atoms with Gasteiger partial charge in [0.25, 0.3) is 0 Å². The molecule has 0 spiro atoms. The van der Waals surface area contributed by atoms with E-state index >= 15 is 0 Å². The van der Waals surface area contributed by atoms with Crippen LogP contribution >= 0.6 is 11.3 Å². The predicted octanol–water partition coefficient (Wildman–Crippen LogP) is 4.12. The van der Waals surface area contributed by atoms with Crippen LogP contribution in [0.4, 0.5) is 0 Å². The van der Waals surface area contributed by atoms with Crippen LogP contribution in [0, 0.1) is 0 Å². The summed E-state index contributed by atoms with van der Waals surface area (Å²) in [6.07, 6.45) is 3.91. The van der Waals surface area contributed by atoms with E-state index in [1.165, 1.54) is 29.0 Å². The molecule has 1 N–H and O–H groups in total. The third-order valence-electron chi connectivity index (χ3n) is 4.22. The lowest BCUT2D eigenvalue weighted by atomic mass is 10.00. The first-order valence-corrected chi connectivity index (χ1v) is 8.37. The smallest absolute Gasteiger partial charge is 0.112 e. The Bertz CT molecular complexity index is 537. The van der Waals surface area contributed by atoms with Crippen molar-refractivity contribution in [1.29, 1.82) is 0 Å². The summed E-state index contributed by atoms with van der Waals surface area (Å²) < 4.78 is 1.27. The molecular formula is C16H23N3S. The predicted molar refractivity (Wildman–Crippen MR) is 85.8 cm³/mol. The molecule has 1 aromatic carbocycles. The van der Waals surface area contributed by atoms with E-state index < -0.39 is 0 Å². The van der Waals surface area contributed by atoms with Gasteiger partial charge in [-0.3, -0.25) is 0 Å². The minimum atomic E-state index is 0.274. The van der Waals surface area contributed by atoms with E-state index in [1.54, 1.807) is 11.3 Å². The van der Waals surface area contributed by atoms with Gasteiger partial charge in [-0.15, -0.1) is 11.3 Å². The van der Waals surface area contributed by atoms with Crippen LogP contribution < -0.4 is 5.43 Å². The second kappa shape index (κ2) is 5.80. The number of fused-ring (bicyclic) bond motifs is 1. The number of hydrogen-bond donors (Lipinski definition) is 1. The fraction of sp³-hybridized carbons (Fsp3) is 0.562. The highest BCUT2D eigenvalue weighted by atomic mass is 32.1. The molecule has 1 fully saturated rings. The van der Waals surface area contributed by atoms with Gasteiger partial charge < -0.3 is 0 Å². The maximum atomic E-state index is 4.76. The average Bonchev–Trinajstić information content (AvgIpc) is 2.87. The summed E-state index contributed by atoms with van der Waals surface area (Å²) in [7, 11) is 0. The molecule has 0 bridgehead atoms. The number of aromatic nitrogens is 1. The number of thiazole rings is 1. The van der Waals surface area contributed by atoms with Crippen LogP contribution in [0.3, 0.4) is 0 Å². The van der Waals surface area contributed by atoms with E-state index in [0.717, 1.165) is 5.52 Å². The highest BCUT2D eigenvalue weighted by Gasteiger charge is 2.26. The summed E-state index contributed by atoms with van der Waals surface area (Å²) in [4.78, 5) is 4.76. The number of benzene rings is 1. The normalized spacial score (nSPS) is 25.9. The molecule has 1 aliphatic rings. The molecule has 0 radical (unpaired) electrons. The molecule has 0 saturated carbocycles. The maximum absolute atomic E-state index is 4.76. The summed E-state index contributed by atoms with van der Waals surface area (Å²) in [6.45, 7) is 6.84. The number of hydrazine groups is 1. The zero-order chi connectivity index (χ0) is 14.1. The Balaban J connectivity index is 1.76. The number of para-hydroxylation sites is 1. The molecule has 3 rings (SSSR count). The number of nitrogens with one attached hydrogen (secondary N) is 1. The van der Waals surface area contributed by atoms with Gasteiger partial charge >= 0.3 is 0 Å². The van der Waals surface area contributed by atoms with Crippen molar-refractivity contribution in [1.82, 2.24) is 15.4 Å². The van der Waals surface area contributed by atoms with Gasteiger partial charge in [0.2, 0.25) is 0 Å². The van der Waals surface area contributed by atoms with Crippen molar-refractivity contribution < 1.29 is 0 Å². The van der Waals surface area contributed by atoms with Crippen molar-refractivity contribution in [3.8, 4) is 0 Å². The van der Waals surface area contributed by atoms with E-state index in [2.05, 4.69) is 55.5 Å². The van der Waals surface area contributed by atoms with Crippen molar-refractivity contribution >= 4 is 21.6 Å². The average molecular weight is 289 g/mol.